The molecule has 0 heterocycles. The Labute approximate surface area is 57.3 Å². The lowest BCUT2D eigenvalue weighted by molar-refractivity contribution is 0.676. The Hall–Kier alpha value is -0.560. The minimum Gasteiger partial charge on any atom is -0.328 e. The van der Waals surface area contributed by atoms with Gasteiger partial charge in [-0.1, -0.05) is 24.8 Å². The molecule has 0 radical (unpaired) electrons. The van der Waals surface area contributed by atoms with E-state index in [-0.39, 0.29) is 0 Å². The highest BCUT2D eigenvalue weighted by Crippen LogP contribution is 1.93. The molecule has 0 aromatic carbocycles. The average Bonchev–Trinajstić information content (AvgIpc) is 1.80. The molecule has 0 rings (SSSR count). The number of allylic oxidation sites excluding steroid dienone is 3. The summed E-state index contributed by atoms with van der Waals surface area (Å²) >= 11 is 0. The molecule has 2 N–H and O–H groups in total. The molecular weight excluding hydrogens is 110 g/mol. The minimum atomic E-state index is 0.319. The molecule has 1 nitrogen and oxygen atoms in total. The number of hydrogen-bond acceptors (Lipinski definition) is 1. The predicted octanol–water partition coefficient (Wildman–Crippen LogP) is 1.86. The number of hydrogen-bond donors (Lipinski definition) is 1. The van der Waals surface area contributed by atoms with Gasteiger partial charge >= 0.3 is 0 Å². The second-order valence-electron chi connectivity index (χ2n) is 2.22. The molecule has 0 spiro atoms. The molecular formula is C8H15N. The Kier molecular flexibility index (Phi) is 5.23. The van der Waals surface area contributed by atoms with E-state index in [4.69, 9.17) is 5.73 Å². The first-order valence-electron chi connectivity index (χ1n) is 3.30. The fraction of sp³-hybridized carbons (Fsp3) is 0.500. The lowest BCUT2D eigenvalue weighted by atomic mass is 10.2. The third-order valence-corrected chi connectivity index (χ3v) is 1.06. The summed E-state index contributed by atoms with van der Waals surface area (Å²) in [5, 5.41) is 0. The van der Waals surface area contributed by atoms with Crippen molar-refractivity contribution in [3.05, 3.63) is 24.8 Å². The topological polar surface area (TPSA) is 26.0 Å². The van der Waals surface area contributed by atoms with Crippen molar-refractivity contribution in [3.63, 3.8) is 0 Å². The van der Waals surface area contributed by atoms with Gasteiger partial charge in [-0.25, -0.2) is 0 Å². The highest BCUT2D eigenvalue weighted by molar-refractivity contribution is 4.96. The monoisotopic (exact) mass is 125 g/mol. The van der Waals surface area contributed by atoms with Gasteiger partial charge in [-0.05, 0) is 19.8 Å². The van der Waals surface area contributed by atoms with E-state index >= 15 is 0 Å². The van der Waals surface area contributed by atoms with Gasteiger partial charge in [0.2, 0.25) is 0 Å². The van der Waals surface area contributed by atoms with Crippen LogP contribution >= 0.6 is 0 Å². The van der Waals surface area contributed by atoms with E-state index in [1.54, 1.807) is 6.08 Å². The van der Waals surface area contributed by atoms with Crippen LogP contribution in [0.3, 0.4) is 0 Å². The lowest BCUT2D eigenvalue weighted by Crippen LogP contribution is -2.13. The molecule has 1 unspecified atom stereocenters. The molecule has 0 bridgehead atoms. The highest BCUT2D eigenvalue weighted by atomic mass is 14.6. The van der Waals surface area contributed by atoms with Crippen molar-refractivity contribution in [2.45, 2.75) is 25.8 Å². The van der Waals surface area contributed by atoms with Crippen LogP contribution in [0.15, 0.2) is 24.8 Å². The summed E-state index contributed by atoms with van der Waals surface area (Å²) in [4.78, 5) is 0. The summed E-state index contributed by atoms with van der Waals surface area (Å²) in [6, 6.07) is 0.319. The summed E-state index contributed by atoms with van der Waals surface area (Å²) in [6.07, 6.45) is 7.92. The molecule has 0 amide bonds. The predicted molar refractivity (Wildman–Crippen MR) is 42.2 cm³/mol. The van der Waals surface area contributed by atoms with Crippen LogP contribution in [-0.2, 0) is 0 Å². The van der Waals surface area contributed by atoms with Crippen LogP contribution in [-0.4, -0.2) is 6.04 Å². The molecule has 0 aromatic rings. The van der Waals surface area contributed by atoms with Gasteiger partial charge in [0.05, 0.1) is 0 Å². The van der Waals surface area contributed by atoms with Gasteiger partial charge in [-0.3, -0.25) is 0 Å². The Bertz CT molecular complexity index is 92.7. The van der Waals surface area contributed by atoms with Crippen molar-refractivity contribution < 1.29 is 0 Å². The number of rotatable bonds is 4. The van der Waals surface area contributed by atoms with E-state index < -0.39 is 0 Å². The Morgan fingerprint density at radius 2 is 2.33 bits per heavy atom. The van der Waals surface area contributed by atoms with Crippen LogP contribution in [0.1, 0.15) is 19.8 Å². The molecule has 0 fully saturated rings. The summed E-state index contributed by atoms with van der Waals surface area (Å²) in [6.45, 7) is 5.57. The van der Waals surface area contributed by atoms with Crippen molar-refractivity contribution in [3.8, 4) is 0 Å². The van der Waals surface area contributed by atoms with Crippen molar-refractivity contribution in [1.29, 1.82) is 0 Å². The van der Waals surface area contributed by atoms with E-state index in [0.717, 1.165) is 12.8 Å². The van der Waals surface area contributed by atoms with Crippen molar-refractivity contribution in [1.82, 2.24) is 0 Å². The van der Waals surface area contributed by atoms with Crippen LogP contribution in [0.5, 0.6) is 0 Å². The fourth-order valence-electron chi connectivity index (χ4n) is 0.552. The summed E-state index contributed by atoms with van der Waals surface area (Å²) in [5.41, 5.74) is 5.51. The molecule has 0 aromatic heterocycles. The SMILES string of the molecule is C=CC=CCCC(C)N. The summed E-state index contributed by atoms with van der Waals surface area (Å²) in [7, 11) is 0. The summed E-state index contributed by atoms with van der Waals surface area (Å²) < 4.78 is 0. The first-order chi connectivity index (χ1) is 4.27. The van der Waals surface area contributed by atoms with Crippen LogP contribution in [0.4, 0.5) is 0 Å². The average molecular weight is 125 g/mol. The molecule has 0 saturated carbocycles. The molecule has 0 saturated heterocycles. The summed E-state index contributed by atoms with van der Waals surface area (Å²) in [5.74, 6) is 0. The second-order valence-corrected chi connectivity index (χ2v) is 2.22. The second kappa shape index (κ2) is 5.57. The first-order valence-corrected chi connectivity index (χ1v) is 3.30. The van der Waals surface area contributed by atoms with Crippen LogP contribution in [0.2, 0.25) is 0 Å². The molecule has 0 aliphatic carbocycles. The number of nitrogens with two attached hydrogens (primary N) is 1. The molecule has 0 aliphatic heterocycles. The van der Waals surface area contributed by atoms with Gasteiger partial charge < -0.3 is 5.73 Å². The molecule has 9 heavy (non-hydrogen) atoms. The largest absolute Gasteiger partial charge is 0.328 e. The molecule has 52 valence electrons. The zero-order valence-corrected chi connectivity index (χ0v) is 6.01. The standard InChI is InChI=1S/C8H15N/c1-3-4-5-6-7-8(2)9/h3-5,8H,1,6-7,9H2,2H3. The quantitative estimate of drug-likeness (QED) is 0.570. The highest BCUT2D eigenvalue weighted by Gasteiger charge is 1.87. The Morgan fingerprint density at radius 3 is 2.78 bits per heavy atom. The van der Waals surface area contributed by atoms with E-state index in [0.29, 0.717) is 6.04 Å². The minimum absolute atomic E-state index is 0.319. The van der Waals surface area contributed by atoms with E-state index in [1.807, 2.05) is 13.0 Å². The van der Waals surface area contributed by atoms with Gasteiger partial charge in [-0.15, -0.1) is 0 Å². The van der Waals surface area contributed by atoms with Gasteiger partial charge in [0.15, 0.2) is 0 Å². The smallest absolute Gasteiger partial charge is 0.00134 e. The van der Waals surface area contributed by atoms with Crippen molar-refractivity contribution in [2.75, 3.05) is 0 Å². The third kappa shape index (κ3) is 7.44. The zero-order valence-electron chi connectivity index (χ0n) is 6.01. The normalized spacial score (nSPS) is 14.0. The molecule has 1 atom stereocenters. The fourth-order valence-corrected chi connectivity index (χ4v) is 0.552. The van der Waals surface area contributed by atoms with Gasteiger partial charge in [-0.2, -0.15) is 0 Å². The zero-order chi connectivity index (χ0) is 7.11. The maximum absolute atomic E-state index is 5.51. The van der Waals surface area contributed by atoms with Crippen LogP contribution in [0, 0.1) is 0 Å². The van der Waals surface area contributed by atoms with Crippen LogP contribution in [0.25, 0.3) is 0 Å². The lowest BCUT2D eigenvalue weighted by Gasteiger charge is -1.98. The maximum atomic E-state index is 5.51. The molecule has 1 heteroatoms. The van der Waals surface area contributed by atoms with Gasteiger partial charge in [0.1, 0.15) is 0 Å². The first kappa shape index (κ1) is 8.44. The van der Waals surface area contributed by atoms with Crippen molar-refractivity contribution in [2.24, 2.45) is 5.73 Å². The van der Waals surface area contributed by atoms with E-state index in [9.17, 15) is 0 Å². The van der Waals surface area contributed by atoms with E-state index in [1.165, 1.54) is 0 Å². The van der Waals surface area contributed by atoms with E-state index in [2.05, 4.69) is 12.7 Å². The van der Waals surface area contributed by atoms with Gasteiger partial charge in [0, 0.05) is 6.04 Å². The molecule has 0 aliphatic rings. The third-order valence-electron chi connectivity index (χ3n) is 1.06. The Morgan fingerprint density at radius 1 is 1.67 bits per heavy atom. The van der Waals surface area contributed by atoms with Crippen molar-refractivity contribution >= 4 is 0 Å². The Balaban J connectivity index is 3.08. The van der Waals surface area contributed by atoms with Crippen LogP contribution < -0.4 is 5.73 Å². The maximum Gasteiger partial charge on any atom is 0.00134 e. The van der Waals surface area contributed by atoms with Gasteiger partial charge in [0.25, 0.3) is 0 Å².